The van der Waals surface area contributed by atoms with Gasteiger partial charge in [-0.25, -0.2) is 17.2 Å². The van der Waals surface area contributed by atoms with E-state index in [1.165, 1.54) is 0 Å². The largest absolute Gasteiger partial charge is 0.224 e. The third-order valence-corrected chi connectivity index (χ3v) is 2.24. The van der Waals surface area contributed by atoms with Gasteiger partial charge in [-0.2, -0.15) is 0 Å². The molecule has 1 rings (SSSR count). The summed E-state index contributed by atoms with van der Waals surface area (Å²) in [4.78, 5) is -0.720. The molecule has 2 nitrogen and oxygen atoms in total. The van der Waals surface area contributed by atoms with Gasteiger partial charge in [0.1, 0.15) is 4.90 Å². The molecule has 0 unspecified atom stereocenters. The molecule has 0 N–H and O–H groups in total. The Morgan fingerprint density at radius 1 is 1.25 bits per heavy atom. The molecule has 0 bridgehead atoms. The Morgan fingerprint density at radius 3 is 2.25 bits per heavy atom. The van der Waals surface area contributed by atoms with Gasteiger partial charge in [0, 0.05) is 0 Å². The predicted octanol–water partition coefficient (Wildman–Crippen LogP) is 1.53. The molecule has 1 aromatic rings. The summed E-state index contributed by atoms with van der Waals surface area (Å²) >= 11 is 0. The highest BCUT2D eigenvalue weighted by atomic mass is 32.2. The van der Waals surface area contributed by atoms with Gasteiger partial charge in [0.05, 0.1) is 6.26 Å². The van der Waals surface area contributed by atoms with Crippen LogP contribution in [-0.4, -0.2) is 8.42 Å². The van der Waals surface area contributed by atoms with Crippen molar-refractivity contribution in [1.82, 2.24) is 0 Å². The van der Waals surface area contributed by atoms with E-state index < -0.39 is 26.4 Å². The zero-order valence-electron chi connectivity index (χ0n) is 5.92. The highest BCUT2D eigenvalue weighted by Crippen LogP contribution is 2.16. The number of rotatable bonds is 1. The molecule has 0 atom stereocenters. The van der Waals surface area contributed by atoms with Gasteiger partial charge in [0.2, 0.25) is 0 Å². The first-order chi connectivity index (χ1) is 5.43. The molecule has 0 aromatic heterocycles. The van der Waals surface area contributed by atoms with Crippen LogP contribution < -0.4 is 0 Å². The van der Waals surface area contributed by atoms with Crippen LogP contribution in [0.25, 0.3) is 0 Å². The second-order valence-corrected chi connectivity index (χ2v) is 3.84. The van der Waals surface area contributed by atoms with Crippen molar-refractivity contribution in [2.45, 2.75) is 4.90 Å². The quantitative estimate of drug-likeness (QED) is 0.674. The van der Waals surface area contributed by atoms with Gasteiger partial charge in [-0.05, 0) is 12.1 Å². The predicted molar refractivity (Wildman–Crippen MR) is 38.9 cm³/mol. The first-order valence-corrected chi connectivity index (χ1v) is 4.60. The van der Waals surface area contributed by atoms with Gasteiger partial charge in [-0.3, -0.25) is 0 Å². The first kappa shape index (κ1) is 9.12. The number of benzene rings is 1. The van der Waals surface area contributed by atoms with Gasteiger partial charge in [-0.15, -0.1) is 0 Å². The average molecular weight is 191 g/mol. The Balaban J connectivity index is 3.47. The lowest BCUT2D eigenvalue weighted by Gasteiger charge is -1.99. The Labute approximate surface area is 68.8 Å². The minimum Gasteiger partial charge on any atom is -0.224 e. The fourth-order valence-electron chi connectivity index (χ4n) is 0.724. The molecule has 0 amide bonds. The minimum absolute atomic E-state index is 0.720. The molecular formula is C7H5F2O2S. The summed E-state index contributed by atoms with van der Waals surface area (Å²) in [6.45, 7) is 0. The van der Waals surface area contributed by atoms with Gasteiger partial charge in [0.25, 0.3) is 0 Å². The lowest BCUT2D eigenvalue weighted by Crippen LogP contribution is -2.00. The SMILES string of the molecule is [CH2]S(=O)(=O)c1cccc(F)c1F. The number of halogens is 2. The maximum atomic E-state index is 12.7. The Morgan fingerprint density at radius 2 is 1.83 bits per heavy atom. The monoisotopic (exact) mass is 191 g/mol. The molecule has 1 aromatic carbocycles. The van der Waals surface area contributed by atoms with Gasteiger partial charge in [-0.1, -0.05) is 6.07 Å². The zero-order chi connectivity index (χ0) is 9.35. The molecule has 12 heavy (non-hydrogen) atoms. The lowest BCUT2D eigenvalue weighted by atomic mass is 10.3. The first-order valence-electron chi connectivity index (χ1n) is 2.95. The van der Waals surface area contributed by atoms with E-state index in [1.54, 1.807) is 0 Å². The molecule has 0 saturated carbocycles. The van der Waals surface area contributed by atoms with Crippen molar-refractivity contribution in [3.05, 3.63) is 36.1 Å². The number of hydrogen-bond acceptors (Lipinski definition) is 2. The smallest absolute Gasteiger partial charge is 0.182 e. The van der Waals surface area contributed by atoms with E-state index >= 15 is 0 Å². The fraction of sp³-hybridized carbons (Fsp3) is 0. The third kappa shape index (κ3) is 1.61. The molecule has 0 aliphatic heterocycles. The standard InChI is InChI=1S/C7H5F2O2S/c1-12(10,11)6-4-2-3-5(8)7(6)9/h2-4H,1H2. The second kappa shape index (κ2) is 2.82. The normalized spacial score (nSPS) is 11.6. The Hall–Kier alpha value is -0.970. The van der Waals surface area contributed by atoms with Gasteiger partial charge >= 0.3 is 0 Å². The molecule has 0 spiro atoms. The Bertz CT molecular complexity index is 398. The fourth-order valence-corrected chi connectivity index (χ4v) is 1.38. The van der Waals surface area contributed by atoms with Crippen molar-refractivity contribution in [2.75, 3.05) is 0 Å². The molecule has 5 heteroatoms. The maximum Gasteiger partial charge on any atom is 0.182 e. The van der Waals surface area contributed by atoms with Gasteiger partial charge in [0.15, 0.2) is 21.5 Å². The van der Waals surface area contributed by atoms with Crippen molar-refractivity contribution >= 4 is 9.84 Å². The van der Waals surface area contributed by atoms with Gasteiger partial charge < -0.3 is 0 Å². The van der Waals surface area contributed by atoms with Crippen molar-refractivity contribution < 1.29 is 17.2 Å². The van der Waals surface area contributed by atoms with Crippen LogP contribution in [0.3, 0.4) is 0 Å². The van der Waals surface area contributed by atoms with Crippen molar-refractivity contribution in [2.24, 2.45) is 0 Å². The lowest BCUT2D eigenvalue weighted by molar-refractivity contribution is 0.486. The summed E-state index contributed by atoms with van der Waals surface area (Å²) in [5.74, 6) is -2.58. The Kier molecular flexibility index (Phi) is 2.14. The molecule has 1 radical (unpaired) electrons. The zero-order valence-corrected chi connectivity index (χ0v) is 6.74. The van der Waals surface area contributed by atoms with Crippen LogP contribution in [0.15, 0.2) is 23.1 Å². The molecule has 65 valence electrons. The van der Waals surface area contributed by atoms with Crippen LogP contribution in [0.4, 0.5) is 8.78 Å². The summed E-state index contributed by atoms with van der Waals surface area (Å²) in [7, 11) is -3.92. The molecule has 0 heterocycles. The van der Waals surface area contributed by atoms with Crippen LogP contribution in [0.2, 0.25) is 0 Å². The molecular weight excluding hydrogens is 186 g/mol. The second-order valence-electron chi connectivity index (χ2n) is 2.17. The van der Waals surface area contributed by atoms with E-state index in [0.717, 1.165) is 18.2 Å². The number of hydrogen-bond donors (Lipinski definition) is 0. The molecule has 0 fully saturated rings. The summed E-state index contributed by atoms with van der Waals surface area (Å²) < 4.78 is 46.5. The van der Waals surface area contributed by atoms with Crippen molar-refractivity contribution in [1.29, 1.82) is 0 Å². The van der Waals surface area contributed by atoms with E-state index in [-0.39, 0.29) is 0 Å². The van der Waals surface area contributed by atoms with E-state index in [0.29, 0.717) is 0 Å². The average Bonchev–Trinajstić information content (AvgIpc) is 1.92. The highest BCUT2D eigenvalue weighted by Gasteiger charge is 2.16. The van der Waals surface area contributed by atoms with Crippen LogP contribution in [0, 0.1) is 17.9 Å². The van der Waals surface area contributed by atoms with E-state index in [1.807, 2.05) is 0 Å². The van der Waals surface area contributed by atoms with Crippen molar-refractivity contribution in [3.63, 3.8) is 0 Å². The van der Waals surface area contributed by atoms with Crippen LogP contribution in [-0.2, 0) is 9.84 Å². The summed E-state index contributed by atoms with van der Waals surface area (Å²) in [5, 5.41) is 0. The van der Waals surface area contributed by atoms with E-state index in [4.69, 9.17) is 0 Å². The van der Waals surface area contributed by atoms with E-state index in [2.05, 4.69) is 6.26 Å². The molecule has 0 aliphatic rings. The molecule has 0 saturated heterocycles. The maximum absolute atomic E-state index is 12.7. The minimum atomic E-state index is -3.92. The topological polar surface area (TPSA) is 34.1 Å². The summed E-state index contributed by atoms with van der Waals surface area (Å²) in [5.41, 5.74) is 0. The van der Waals surface area contributed by atoms with Crippen LogP contribution >= 0.6 is 0 Å². The van der Waals surface area contributed by atoms with Crippen LogP contribution in [0.5, 0.6) is 0 Å². The van der Waals surface area contributed by atoms with Crippen LogP contribution in [0.1, 0.15) is 0 Å². The third-order valence-electron chi connectivity index (χ3n) is 1.25. The number of sulfone groups is 1. The highest BCUT2D eigenvalue weighted by molar-refractivity contribution is 7.92. The summed E-state index contributed by atoms with van der Waals surface area (Å²) in [6, 6.07) is 2.90. The van der Waals surface area contributed by atoms with E-state index in [9.17, 15) is 17.2 Å². The molecule has 0 aliphatic carbocycles. The van der Waals surface area contributed by atoms with Crippen molar-refractivity contribution in [3.8, 4) is 0 Å². The summed E-state index contributed by atoms with van der Waals surface area (Å²) in [6.07, 6.45) is 2.71.